The smallest absolute Gasteiger partial charge is 0.279 e. The third kappa shape index (κ3) is 3.28. The molecule has 0 bridgehead atoms. The van der Waals surface area contributed by atoms with Crippen molar-refractivity contribution in [3.05, 3.63) is 65.5 Å². The van der Waals surface area contributed by atoms with Crippen LogP contribution >= 0.6 is 0 Å². The van der Waals surface area contributed by atoms with Crippen molar-refractivity contribution in [2.24, 2.45) is 0 Å². The van der Waals surface area contributed by atoms with Gasteiger partial charge in [0.25, 0.3) is 11.8 Å². The van der Waals surface area contributed by atoms with Gasteiger partial charge in [0.15, 0.2) is 0 Å². The molecule has 8 heteroatoms. The largest absolute Gasteiger partial charge is 0.384 e. The van der Waals surface area contributed by atoms with Crippen LogP contribution in [0, 0.1) is 0 Å². The summed E-state index contributed by atoms with van der Waals surface area (Å²) < 4.78 is 29.5. The number of alkyl halides is 2. The normalized spacial score (nSPS) is 17.9. The third-order valence-corrected chi connectivity index (χ3v) is 5.83. The van der Waals surface area contributed by atoms with E-state index in [9.17, 15) is 13.6 Å². The summed E-state index contributed by atoms with van der Waals surface area (Å²) in [4.78, 5) is 19.2. The van der Waals surface area contributed by atoms with E-state index in [1.54, 1.807) is 23.2 Å². The first-order valence-electron chi connectivity index (χ1n) is 10.1. The Morgan fingerprint density at radius 1 is 1.10 bits per heavy atom. The van der Waals surface area contributed by atoms with Crippen molar-refractivity contribution in [2.45, 2.75) is 25.7 Å². The highest BCUT2D eigenvalue weighted by atomic mass is 19.3. The maximum absolute atomic E-state index is 14.1. The minimum absolute atomic E-state index is 0.211. The van der Waals surface area contributed by atoms with Crippen LogP contribution in [0.3, 0.4) is 0 Å². The number of nitrogens with two attached hydrogens (primary N) is 1. The van der Waals surface area contributed by atoms with Crippen LogP contribution in [-0.4, -0.2) is 39.7 Å². The van der Waals surface area contributed by atoms with Crippen LogP contribution in [0.4, 0.5) is 20.3 Å². The number of nitrogens with zero attached hydrogens (tertiary/aromatic N) is 4. The Labute approximate surface area is 178 Å². The lowest BCUT2D eigenvalue weighted by Crippen LogP contribution is -2.28. The highest BCUT2D eigenvalue weighted by Gasteiger charge is 2.42. The molecule has 158 valence electrons. The molecule has 0 amide bonds. The Balaban J connectivity index is 1.65. The molecule has 0 atom stereocenters. The number of allylic oxidation sites excluding steroid dienone is 2. The second kappa shape index (κ2) is 7.01. The maximum Gasteiger partial charge on any atom is 0.279 e. The van der Waals surface area contributed by atoms with Gasteiger partial charge in [0.2, 0.25) is 0 Å². The van der Waals surface area contributed by atoms with Gasteiger partial charge < -0.3 is 10.6 Å². The van der Waals surface area contributed by atoms with Gasteiger partial charge in [-0.15, -0.1) is 0 Å². The van der Waals surface area contributed by atoms with E-state index in [2.05, 4.69) is 10.1 Å². The van der Waals surface area contributed by atoms with E-state index in [1.165, 1.54) is 4.68 Å². The maximum atomic E-state index is 14.1. The summed E-state index contributed by atoms with van der Waals surface area (Å²) in [6.45, 7) is 1.72. The van der Waals surface area contributed by atoms with E-state index in [-0.39, 0.29) is 25.4 Å². The summed E-state index contributed by atoms with van der Waals surface area (Å²) in [5.41, 5.74) is 10.3. The molecule has 0 unspecified atom stereocenters. The molecular formula is C23H21F2N5O. The average molecular weight is 421 g/mol. The van der Waals surface area contributed by atoms with Crippen LogP contribution in [0.1, 0.15) is 29.4 Å². The first kappa shape index (κ1) is 19.4. The summed E-state index contributed by atoms with van der Waals surface area (Å²) >= 11 is 0. The number of pyridine rings is 1. The first-order valence-corrected chi connectivity index (χ1v) is 10.1. The predicted octanol–water partition coefficient (Wildman–Crippen LogP) is 4.04. The van der Waals surface area contributed by atoms with E-state index in [1.807, 2.05) is 37.3 Å². The predicted molar refractivity (Wildman–Crippen MR) is 115 cm³/mol. The van der Waals surface area contributed by atoms with Crippen LogP contribution in [0.15, 0.2) is 54.2 Å². The number of aromatic nitrogens is 3. The summed E-state index contributed by atoms with van der Waals surface area (Å²) in [7, 11) is 0. The summed E-state index contributed by atoms with van der Waals surface area (Å²) in [6, 6.07) is 12.8. The third-order valence-electron chi connectivity index (χ3n) is 5.83. The van der Waals surface area contributed by atoms with Gasteiger partial charge >= 0.3 is 0 Å². The fraction of sp³-hybridized carbons (Fsp3) is 0.261. The average Bonchev–Trinajstić information content (AvgIpc) is 3.30. The summed E-state index contributed by atoms with van der Waals surface area (Å²) in [5, 5.41) is 4.62. The number of hydrogen-bond acceptors (Lipinski definition) is 5. The zero-order chi connectivity index (χ0) is 21.8. The molecule has 0 saturated carbocycles. The number of benzene rings is 1. The molecule has 4 heterocycles. The van der Waals surface area contributed by atoms with E-state index in [0.29, 0.717) is 40.5 Å². The Kier molecular flexibility index (Phi) is 4.39. The Bertz CT molecular complexity index is 1200. The molecule has 6 nitrogen and oxygen atoms in total. The second-order valence-corrected chi connectivity index (χ2v) is 8.06. The number of carbonyl (C=O) groups excluding carboxylic acids is 1. The summed E-state index contributed by atoms with van der Waals surface area (Å²) in [5.74, 6) is -2.68. The lowest BCUT2D eigenvalue weighted by atomic mass is 9.94. The molecule has 2 N–H and O–H groups in total. The van der Waals surface area contributed by atoms with Crippen molar-refractivity contribution in [1.29, 1.82) is 0 Å². The van der Waals surface area contributed by atoms with Gasteiger partial charge in [-0.25, -0.2) is 13.8 Å². The van der Waals surface area contributed by atoms with Crippen LogP contribution < -0.4 is 10.6 Å². The van der Waals surface area contributed by atoms with Gasteiger partial charge in [-0.05, 0) is 19.1 Å². The second-order valence-electron chi connectivity index (χ2n) is 8.06. The molecule has 2 aliphatic heterocycles. The lowest BCUT2D eigenvalue weighted by Gasteiger charge is -2.23. The number of hydrogen-bond donors (Lipinski definition) is 1. The molecule has 1 fully saturated rings. The molecule has 0 aliphatic carbocycles. The molecule has 1 aromatic carbocycles. The molecule has 0 radical (unpaired) electrons. The number of fused-ring (bicyclic) bond motifs is 1. The van der Waals surface area contributed by atoms with E-state index in [4.69, 9.17) is 5.73 Å². The van der Waals surface area contributed by atoms with E-state index < -0.39 is 5.92 Å². The Morgan fingerprint density at radius 2 is 1.87 bits per heavy atom. The van der Waals surface area contributed by atoms with Gasteiger partial charge in [-0.2, -0.15) is 9.78 Å². The van der Waals surface area contributed by atoms with Crippen molar-refractivity contribution >= 4 is 23.0 Å². The van der Waals surface area contributed by atoms with Crippen molar-refractivity contribution in [3.8, 4) is 11.3 Å². The number of rotatable bonds is 3. The van der Waals surface area contributed by atoms with Crippen LogP contribution in [0.5, 0.6) is 0 Å². The van der Waals surface area contributed by atoms with Gasteiger partial charge in [0, 0.05) is 42.3 Å². The molecule has 5 rings (SSSR count). The highest BCUT2D eigenvalue weighted by Crippen LogP contribution is 2.42. The SMILES string of the molecule is CC1=C(c2ccc(N)nc2)C(=O)n2nc(-c3ccccc3)c(N3CCC(F)(F)C3)c2C1. The summed E-state index contributed by atoms with van der Waals surface area (Å²) in [6.07, 6.45) is 1.79. The Morgan fingerprint density at radius 3 is 2.52 bits per heavy atom. The zero-order valence-corrected chi connectivity index (χ0v) is 17.0. The lowest BCUT2D eigenvalue weighted by molar-refractivity contribution is 0.0257. The molecule has 1 saturated heterocycles. The minimum Gasteiger partial charge on any atom is -0.384 e. The van der Waals surface area contributed by atoms with Crippen LogP contribution in [0.25, 0.3) is 16.8 Å². The van der Waals surface area contributed by atoms with Gasteiger partial charge in [-0.3, -0.25) is 4.79 Å². The monoisotopic (exact) mass is 421 g/mol. The zero-order valence-electron chi connectivity index (χ0n) is 17.0. The number of halogens is 2. The standard InChI is InChI=1S/C23H21F2N5O/c1-14-11-17-21(29-10-9-23(24,25)13-29)20(15-5-3-2-4-6-15)28-30(17)22(31)19(14)16-7-8-18(26)27-12-16/h2-8,12H,9-11,13H2,1H3,(H2,26,27). The number of anilines is 2. The van der Waals surface area contributed by atoms with Crippen LogP contribution in [0.2, 0.25) is 0 Å². The van der Waals surface area contributed by atoms with Gasteiger partial charge in [-0.1, -0.05) is 35.9 Å². The van der Waals surface area contributed by atoms with Crippen molar-refractivity contribution in [2.75, 3.05) is 23.7 Å². The molecule has 2 aliphatic rings. The Hall–Kier alpha value is -3.55. The van der Waals surface area contributed by atoms with Crippen LogP contribution in [-0.2, 0) is 6.42 Å². The van der Waals surface area contributed by atoms with Crippen molar-refractivity contribution in [1.82, 2.24) is 14.8 Å². The van der Waals surface area contributed by atoms with Crippen molar-refractivity contribution in [3.63, 3.8) is 0 Å². The first-order chi connectivity index (χ1) is 14.8. The number of nitrogen functional groups attached to an aromatic ring is 1. The van der Waals surface area contributed by atoms with Gasteiger partial charge in [0.1, 0.15) is 11.5 Å². The minimum atomic E-state index is -2.76. The molecule has 3 aromatic rings. The highest BCUT2D eigenvalue weighted by molar-refractivity contribution is 6.22. The van der Waals surface area contributed by atoms with Crippen molar-refractivity contribution < 1.29 is 13.6 Å². The number of carbonyl (C=O) groups is 1. The van der Waals surface area contributed by atoms with Gasteiger partial charge in [0.05, 0.1) is 17.9 Å². The fourth-order valence-electron chi connectivity index (χ4n) is 4.37. The topological polar surface area (TPSA) is 77.0 Å². The molecule has 2 aromatic heterocycles. The van der Waals surface area contributed by atoms with E-state index >= 15 is 0 Å². The molecule has 0 spiro atoms. The molecule has 31 heavy (non-hydrogen) atoms. The fourth-order valence-corrected chi connectivity index (χ4v) is 4.37. The molecular weight excluding hydrogens is 400 g/mol. The van der Waals surface area contributed by atoms with E-state index in [0.717, 1.165) is 11.1 Å². The quantitative estimate of drug-likeness (QED) is 0.691.